The molecule has 3 aromatic rings. The number of carbonyl (C=O) groups is 1. The Morgan fingerprint density at radius 2 is 1.69 bits per heavy atom. The average molecular weight is 552 g/mol. The maximum atomic E-state index is 13.3. The number of rotatable bonds is 12. The van der Waals surface area contributed by atoms with E-state index < -0.39 is 10.0 Å². The molecule has 4 rings (SSSR count). The van der Waals surface area contributed by atoms with Crippen molar-refractivity contribution in [2.75, 3.05) is 40.0 Å². The van der Waals surface area contributed by atoms with Gasteiger partial charge in [-0.15, -0.1) is 0 Å². The van der Waals surface area contributed by atoms with Crippen LogP contribution in [-0.2, 0) is 19.6 Å². The molecule has 0 spiro atoms. The minimum Gasteiger partial charge on any atom is -0.491 e. The Labute approximate surface area is 231 Å². The second kappa shape index (κ2) is 13.7. The van der Waals surface area contributed by atoms with Crippen molar-refractivity contribution >= 4 is 15.9 Å². The minimum atomic E-state index is -3.68. The molecule has 1 heterocycles. The maximum Gasteiger partial charge on any atom is 0.240 e. The van der Waals surface area contributed by atoms with Crippen LogP contribution in [0.15, 0.2) is 83.8 Å². The van der Waals surface area contributed by atoms with Crippen molar-refractivity contribution in [1.82, 2.24) is 15.4 Å². The van der Waals surface area contributed by atoms with Gasteiger partial charge in [-0.1, -0.05) is 66.2 Å². The topological polar surface area (TPSA) is 106 Å². The number of benzene rings is 3. The van der Waals surface area contributed by atoms with E-state index in [9.17, 15) is 13.2 Å². The molecule has 0 bridgehead atoms. The zero-order chi connectivity index (χ0) is 27.7. The van der Waals surface area contributed by atoms with E-state index >= 15 is 0 Å². The fraction of sp³-hybridized carbons (Fsp3) is 0.367. The van der Waals surface area contributed by atoms with Crippen LogP contribution in [0.1, 0.15) is 29.0 Å². The molecule has 0 radical (unpaired) electrons. The van der Waals surface area contributed by atoms with Crippen LogP contribution < -0.4 is 20.1 Å². The summed E-state index contributed by atoms with van der Waals surface area (Å²) in [6.45, 7) is 4.14. The van der Waals surface area contributed by atoms with Gasteiger partial charge in [-0.3, -0.25) is 4.79 Å². The van der Waals surface area contributed by atoms with Gasteiger partial charge in [0.05, 0.1) is 17.4 Å². The van der Waals surface area contributed by atoms with Gasteiger partial charge in [0.1, 0.15) is 12.4 Å². The molecule has 1 saturated heterocycles. The molecule has 3 aromatic carbocycles. The van der Waals surface area contributed by atoms with Gasteiger partial charge in [0.25, 0.3) is 0 Å². The Hall–Kier alpha value is -3.24. The Morgan fingerprint density at radius 3 is 2.44 bits per heavy atom. The zero-order valence-corrected chi connectivity index (χ0v) is 23.2. The van der Waals surface area contributed by atoms with Gasteiger partial charge in [-0.05, 0) is 37.1 Å². The summed E-state index contributed by atoms with van der Waals surface area (Å²) in [5, 5.41) is 6.35. The third-order valence-corrected chi connectivity index (χ3v) is 8.43. The summed E-state index contributed by atoms with van der Waals surface area (Å²) in [6.07, 6.45) is 0.413. The molecular formula is C30H37N3O5S. The lowest BCUT2D eigenvalue weighted by Crippen LogP contribution is -2.52. The number of piperidine rings is 1. The van der Waals surface area contributed by atoms with Crippen LogP contribution in [0.25, 0.3) is 0 Å². The second-order valence-electron chi connectivity index (χ2n) is 9.81. The summed E-state index contributed by atoms with van der Waals surface area (Å²) in [5.74, 6) is 0.151. The largest absolute Gasteiger partial charge is 0.491 e. The van der Waals surface area contributed by atoms with Crippen molar-refractivity contribution in [3.8, 4) is 5.75 Å². The lowest BCUT2D eigenvalue weighted by Gasteiger charge is -2.30. The number of amides is 1. The number of carbonyl (C=O) groups excluding carboxylic acids is 1. The van der Waals surface area contributed by atoms with Crippen LogP contribution in [0.3, 0.4) is 0 Å². The van der Waals surface area contributed by atoms with Crippen molar-refractivity contribution in [1.29, 1.82) is 0 Å². The normalized spacial score (nSPS) is 18.3. The van der Waals surface area contributed by atoms with Crippen LogP contribution in [0.5, 0.6) is 5.75 Å². The summed E-state index contributed by atoms with van der Waals surface area (Å²) in [4.78, 5) is 13.5. The fourth-order valence-electron chi connectivity index (χ4n) is 4.81. The summed E-state index contributed by atoms with van der Waals surface area (Å²) >= 11 is 0. The zero-order valence-electron chi connectivity index (χ0n) is 22.4. The Bertz CT molecular complexity index is 1320. The Morgan fingerprint density at radius 1 is 0.974 bits per heavy atom. The molecule has 39 heavy (non-hydrogen) atoms. The molecule has 1 fully saturated rings. The molecule has 0 aliphatic carbocycles. The van der Waals surface area contributed by atoms with Gasteiger partial charge >= 0.3 is 0 Å². The van der Waals surface area contributed by atoms with Gasteiger partial charge in [-0.25, -0.2) is 13.1 Å². The second-order valence-corrected chi connectivity index (χ2v) is 11.5. The fourth-order valence-corrected chi connectivity index (χ4v) is 6.06. The lowest BCUT2D eigenvalue weighted by molar-refractivity contribution is -0.125. The van der Waals surface area contributed by atoms with Crippen molar-refractivity contribution in [2.24, 2.45) is 5.92 Å². The molecule has 9 heteroatoms. The predicted molar refractivity (Wildman–Crippen MR) is 151 cm³/mol. The number of hydrogen-bond donors (Lipinski definition) is 3. The smallest absolute Gasteiger partial charge is 0.240 e. The first-order valence-corrected chi connectivity index (χ1v) is 14.7. The standard InChI is InChI=1S/C30H37N3O5S/c1-22-12-14-26(15-13-22)39(35,36)33-25-18-24(19-31-20-25)30(34)32-21-28(23-8-4-3-5-9-23)27-10-6-7-11-29(27)38-17-16-37-2/h3-15,24-25,28,31,33H,16-21H2,1-2H3,(H,32,34)/t24-,25+,28?/m0/s1. The lowest BCUT2D eigenvalue weighted by atomic mass is 9.89. The van der Waals surface area contributed by atoms with Gasteiger partial charge < -0.3 is 20.1 Å². The number of hydrogen-bond acceptors (Lipinski definition) is 6. The van der Waals surface area contributed by atoms with Crippen molar-refractivity contribution in [3.63, 3.8) is 0 Å². The van der Waals surface area contributed by atoms with Crippen molar-refractivity contribution in [2.45, 2.75) is 30.2 Å². The first-order valence-electron chi connectivity index (χ1n) is 13.2. The van der Waals surface area contributed by atoms with Crippen LogP contribution in [0.2, 0.25) is 0 Å². The van der Waals surface area contributed by atoms with E-state index in [0.29, 0.717) is 39.3 Å². The average Bonchev–Trinajstić information content (AvgIpc) is 2.94. The highest BCUT2D eigenvalue weighted by atomic mass is 32.2. The molecule has 1 amide bonds. The van der Waals surface area contributed by atoms with Crippen LogP contribution in [0.4, 0.5) is 0 Å². The molecule has 1 unspecified atom stereocenters. The molecule has 1 aliphatic rings. The predicted octanol–water partition coefficient (Wildman–Crippen LogP) is 3.22. The highest BCUT2D eigenvalue weighted by molar-refractivity contribution is 7.89. The molecule has 8 nitrogen and oxygen atoms in total. The number of para-hydroxylation sites is 1. The quantitative estimate of drug-likeness (QED) is 0.299. The number of sulfonamides is 1. The highest BCUT2D eigenvalue weighted by Gasteiger charge is 2.31. The van der Waals surface area contributed by atoms with Crippen LogP contribution in [0, 0.1) is 12.8 Å². The number of ether oxygens (including phenoxy) is 2. The van der Waals surface area contributed by atoms with Crippen molar-refractivity contribution in [3.05, 3.63) is 95.6 Å². The van der Waals surface area contributed by atoms with Gasteiger partial charge in [0.2, 0.25) is 15.9 Å². The molecule has 0 saturated carbocycles. The van der Waals surface area contributed by atoms with E-state index in [1.807, 2.05) is 61.5 Å². The Balaban J connectivity index is 1.43. The summed E-state index contributed by atoms with van der Waals surface area (Å²) in [5.41, 5.74) is 3.03. The Kier molecular flexibility index (Phi) is 10.1. The highest BCUT2D eigenvalue weighted by Crippen LogP contribution is 2.32. The van der Waals surface area contributed by atoms with Crippen LogP contribution >= 0.6 is 0 Å². The molecular weight excluding hydrogens is 514 g/mol. The number of aryl methyl sites for hydroxylation is 1. The van der Waals surface area contributed by atoms with Crippen molar-refractivity contribution < 1.29 is 22.7 Å². The number of methoxy groups -OCH3 is 1. The minimum absolute atomic E-state index is 0.111. The molecule has 3 atom stereocenters. The SMILES string of the molecule is COCCOc1ccccc1C(CNC(=O)[C@@H]1CNC[C@H](NS(=O)(=O)c2ccc(C)cc2)C1)c1ccccc1. The van der Waals surface area contributed by atoms with E-state index in [1.54, 1.807) is 31.4 Å². The van der Waals surface area contributed by atoms with Gasteiger partial charge in [0.15, 0.2) is 0 Å². The van der Waals surface area contributed by atoms with E-state index in [4.69, 9.17) is 9.47 Å². The van der Waals surface area contributed by atoms with E-state index in [1.165, 1.54) is 0 Å². The maximum absolute atomic E-state index is 13.3. The number of nitrogens with one attached hydrogen (secondary N) is 3. The third-order valence-electron chi connectivity index (χ3n) is 6.90. The first-order chi connectivity index (χ1) is 18.9. The summed E-state index contributed by atoms with van der Waals surface area (Å²) in [7, 11) is -2.05. The van der Waals surface area contributed by atoms with E-state index in [0.717, 1.165) is 22.4 Å². The summed E-state index contributed by atoms with van der Waals surface area (Å²) in [6, 6.07) is 24.2. The van der Waals surface area contributed by atoms with Gasteiger partial charge in [-0.2, -0.15) is 0 Å². The first kappa shape index (κ1) is 28.8. The van der Waals surface area contributed by atoms with E-state index in [2.05, 4.69) is 15.4 Å². The van der Waals surface area contributed by atoms with E-state index in [-0.39, 0.29) is 28.7 Å². The molecule has 3 N–H and O–H groups in total. The summed E-state index contributed by atoms with van der Waals surface area (Å²) < 4.78 is 39.7. The van der Waals surface area contributed by atoms with Gasteiger partial charge in [0, 0.05) is 44.3 Å². The van der Waals surface area contributed by atoms with Crippen LogP contribution in [-0.4, -0.2) is 60.3 Å². The molecule has 0 aromatic heterocycles. The molecule has 1 aliphatic heterocycles. The molecule has 208 valence electrons. The third kappa shape index (κ3) is 7.89. The monoisotopic (exact) mass is 551 g/mol.